The van der Waals surface area contributed by atoms with Gasteiger partial charge in [0.15, 0.2) is 11.5 Å². The second-order valence-electron chi connectivity index (χ2n) is 6.00. The SMILES string of the molecule is CN1c2ccccc2Oc2cc3cc4ccccc4cc3cc21. The minimum atomic E-state index is 0.905. The lowest BCUT2D eigenvalue weighted by Gasteiger charge is -2.30. The quantitative estimate of drug-likeness (QED) is 0.376. The van der Waals surface area contributed by atoms with E-state index in [1.807, 2.05) is 18.2 Å². The monoisotopic (exact) mass is 297 g/mol. The molecule has 0 N–H and O–H groups in total. The summed E-state index contributed by atoms with van der Waals surface area (Å²) >= 11 is 0. The maximum atomic E-state index is 6.13. The molecule has 5 rings (SSSR count). The van der Waals surface area contributed by atoms with Crippen LogP contribution in [0.15, 0.2) is 72.8 Å². The first kappa shape index (κ1) is 12.5. The zero-order valence-electron chi connectivity index (χ0n) is 12.8. The van der Waals surface area contributed by atoms with Gasteiger partial charge in [-0.15, -0.1) is 0 Å². The number of benzene rings is 4. The molecule has 1 aliphatic heterocycles. The van der Waals surface area contributed by atoms with Gasteiger partial charge in [0.1, 0.15) is 0 Å². The van der Waals surface area contributed by atoms with Crippen LogP contribution in [0.4, 0.5) is 11.4 Å². The van der Waals surface area contributed by atoms with E-state index in [0.717, 1.165) is 22.9 Å². The summed E-state index contributed by atoms with van der Waals surface area (Å²) < 4.78 is 6.13. The van der Waals surface area contributed by atoms with Gasteiger partial charge in [0.25, 0.3) is 0 Å². The second-order valence-corrected chi connectivity index (χ2v) is 6.00. The summed E-state index contributed by atoms with van der Waals surface area (Å²) in [7, 11) is 2.09. The zero-order chi connectivity index (χ0) is 15.4. The number of para-hydroxylation sites is 2. The Bertz CT molecular complexity index is 1070. The third kappa shape index (κ3) is 1.82. The topological polar surface area (TPSA) is 12.5 Å². The number of fused-ring (bicyclic) bond motifs is 4. The van der Waals surface area contributed by atoms with E-state index in [2.05, 4.69) is 66.5 Å². The number of hydrogen-bond acceptors (Lipinski definition) is 2. The van der Waals surface area contributed by atoms with Crippen molar-refractivity contribution >= 4 is 32.9 Å². The fourth-order valence-electron chi connectivity index (χ4n) is 3.37. The number of rotatable bonds is 0. The standard InChI is InChI=1S/C21H15NO/c1-22-18-8-4-5-9-20(18)23-21-13-17-11-15-7-3-2-6-14(15)10-16(17)12-19(21)22/h2-13H,1H3. The predicted octanol–water partition coefficient (Wildman–Crippen LogP) is 5.87. The fourth-order valence-corrected chi connectivity index (χ4v) is 3.37. The van der Waals surface area contributed by atoms with Gasteiger partial charge in [0.05, 0.1) is 11.4 Å². The van der Waals surface area contributed by atoms with Crippen molar-refractivity contribution in [2.75, 3.05) is 11.9 Å². The van der Waals surface area contributed by atoms with Crippen LogP contribution < -0.4 is 9.64 Å². The molecule has 0 atom stereocenters. The Morgan fingerprint density at radius 3 is 2.04 bits per heavy atom. The van der Waals surface area contributed by atoms with Crippen LogP contribution in [0.25, 0.3) is 21.5 Å². The predicted molar refractivity (Wildman–Crippen MR) is 96.0 cm³/mol. The smallest absolute Gasteiger partial charge is 0.151 e. The van der Waals surface area contributed by atoms with Crippen molar-refractivity contribution in [1.29, 1.82) is 0 Å². The van der Waals surface area contributed by atoms with Crippen LogP contribution in [0.1, 0.15) is 0 Å². The van der Waals surface area contributed by atoms with Crippen LogP contribution in [0, 0.1) is 0 Å². The molecule has 4 aromatic carbocycles. The highest BCUT2D eigenvalue weighted by Crippen LogP contribution is 2.47. The molecule has 0 unspecified atom stereocenters. The molecule has 0 saturated carbocycles. The minimum absolute atomic E-state index is 0.905. The van der Waals surface area contributed by atoms with Gasteiger partial charge in [-0.2, -0.15) is 0 Å². The summed E-state index contributed by atoms with van der Waals surface area (Å²) in [6, 6.07) is 25.4. The highest BCUT2D eigenvalue weighted by molar-refractivity contribution is 6.01. The van der Waals surface area contributed by atoms with Crippen LogP contribution in [0.3, 0.4) is 0 Å². The molecular weight excluding hydrogens is 282 g/mol. The molecule has 1 heterocycles. The van der Waals surface area contributed by atoms with Gasteiger partial charge >= 0.3 is 0 Å². The third-order valence-corrected chi connectivity index (χ3v) is 4.59. The van der Waals surface area contributed by atoms with Gasteiger partial charge in [0, 0.05) is 7.05 Å². The highest BCUT2D eigenvalue weighted by Gasteiger charge is 2.21. The molecule has 23 heavy (non-hydrogen) atoms. The zero-order valence-corrected chi connectivity index (χ0v) is 12.8. The Morgan fingerprint density at radius 2 is 1.26 bits per heavy atom. The summed E-state index contributed by atoms with van der Waals surface area (Å²) in [5, 5.41) is 4.96. The molecule has 110 valence electrons. The summed E-state index contributed by atoms with van der Waals surface area (Å²) in [5.41, 5.74) is 2.20. The molecule has 0 aliphatic carbocycles. The van der Waals surface area contributed by atoms with Gasteiger partial charge in [-0.1, -0.05) is 36.4 Å². The van der Waals surface area contributed by atoms with Gasteiger partial charge in [-0.05, 0) is 57.9 Å². The van der Waals surface area contributed by atoms with E-state index in [-0.39, 0.29) is 0 Å². The first-order valence-electron chi connectivity index (χ1n) is 7.77. The first-order valence-corrected chi connectivity index (χ1v) is 7.77. The Kier molecular flexibility index (Phi) is 2.45. The van der Waals surface area contributed by atoms with E-state index >= 15 is 0 Å². The maximum Gasteiger partial charge on any atom is 0.151 e. The molecule has 2 nitrogen and oxygen atoms in total. The number of ether oxygens (including phenoxy) is 1. The molecule has 0 bridgehead atoms. The lowest BCUT2D eigenvalue weighted by atomic mass is 10.0. The molecule has 0 fully saturated rings. The van der Waals surface area contributed by atoms with E-state index < -0.39 is 0 Å². The van der Waals surface area contributed by atoms with Crippen molar-refractivity contribution < 1.29 is 4.74 Å². The lowest BCUT2D eigenvalue weighted by Crippen LogP contribution is -2.15. The summed E-state index contributed by atoms with van der Waals surface area (Å²) in [6.45, 7) is 0. The number of nitrogens with zero attached hydrogens (tertiary/aromatic N) is 1. The molecule has 1 aliphatic rings. The average Bonchev–Trinajstić information content (AvgIpc) is 2.59. The number of anilines is 2. The van der Waals surface area contributed by atoms with Gasteiger partial charge < -0.3 is 9.64 Å². The van der Waals surface area contributed by atoms with Crippen molar-refractivity contribution in [2.45, 2.75) is 0 Å². The van der Waals surface area contributed by atoms with E-state index in [1.165, 1.54) is 21.5 Å². The van der Waals surface area contributed by atoms with Crippen molar-refractivity contribution in [3.05, 3.63) is 72.8 Å². The highest BCUT2D eigenvalue weighted by atomic mass is 16.5. The van der Waals surface area contributed by atoms with E-state index in [4.69, 9.17) is 4.74 Å². The summed E-state index contributed by atoms with van der Waals surface area (Å²) in [6.07, 6.45) is 0. The third-order valence-electron chi connectivity index (χ3n) is 4.59. The van der Waals surface area contributed by atoms with Crippen LogP contribution in [-0.2, 0) is 0 Å². The van der Waals surface area contributed by atoms with Crippen molar-refractivity contribution in [1.82, 2.24) is 0 Å². The Labute approximate surface area is 134 Å². The summed E-state index contributed by atoms with van der Waals surface area (Å²) in [5.74, 6) is 1.82. The molecule has 0 amide bonds. The molecule has 0 aromatic heterocycles. The van der Waals surface area contributed by atoms with Crippen molar-refractivity contribution in [3.63, 3.8) is 0 Å². The van der Waals surface area contributed by atoms with Crippen LogP contribution in [0.5, 0.6) is 11.5 Å². The Morgan fingerprint density at radius 1 is 0.609 bits per heavy atom. The normalized spacial score (nSPS) is 12.8. The average molecular weight is 297 g/mol. The van der Waals surface area contributed by atoms with Gasteiger partial charge in [-0.25, -0.2) is 0 Å². The first-order chi connectivity index (χ1) is 11.3. The molecule has 0 spiro atoms. The van der Waals surface area contributed by atoms with Crippen LogP contribution >= 0.6 is 0 Å². The molecule has 4 aromatic rings. The van der Waals surface area contributed by atoms with Crippen LogP contribution in [0.2, 0.25) is 0 Å². The summed E-state index contributed by atoms with van der Waals surface area (Å²) in [4.78, 5) is 2.20. The fraction of sp³-hybridized carbons (Fsp3) is 0.0476. The Balaban J connectivity index is 1.78. The van der Waals surface area contributed by atoms with Crippen molar-refractivity contribution in [2.24, 2.45) is 0 Å². The molecular formula is C21H15NO. The number of hydrogen-bond donors (Lipinski definition) is 0. The van der Waals surface area contributed by atoms with Crippen molar-refractivity contribution in [3.8, 4) is 11.5 Å². The molecule has 2 heteroatoms. The van der Waals surface area contributed by atoms with Gasteiger partial charge in [-0.3, -0.25) is 0 Å². The second kappa shape index (κ2) is 4.50. The minimum Gasteiger partial charge on any atom is -0.453 e. The maximum absolute atomic E-state index is 6.13. The van der Waals surface area contributed by atoms with E-state index in [9.17, 15) is 0 Å². The van der Waals surface area contributed by atoms with E-state index in [0.29, 0.717) is 0 Å². The van der Waals surface area contributed by atoms with E-state index in [1.54, 1.807) is 0 Å². The van der Waals surface area contributed by atoms with Gasteiger partial charge in [0.2, 0.25) is 0 Å². The van der Waals surface area contributed by atoms with Crippen LogP contribution in [-0.4, -0.2) is 7.05 Å². The Hall–Kier alpha value is -3.00. The lowest BCUT2D eigenvalue weighted by molar-refractivity contribution is 0.476. The molecule has 0 radical (unpaired) electrons. The largest absolute Gasteiger partial charge is 0.453 e. The molecule has 0 saturated heterocycles.